The maximum Gasteiger partial charge on any atom is 0.338 e. The van der Waals surface area contributed by atoms with Gasteiger partial charge < -0.3 is 14.5 Å². The number of ether oxygens (including phenoxy) is 1. The second-order valence-electron chi connectivity index (χ2n) is 10.9. The van der Waals surface area contributed by atoms with E-state index in [2.05, 4.69) is 56.2 Å². The number of nitrogens with one attached hydrogen (secondary N) is 1. The lowest BCUT2D eigenvalue weighted by molar-refractivity contribution is 0.0498. The van der Waals surface area contributed by atoms with E-state index in [4.69, 9.17) is 9.15 Å². The fourth-order valence-corrected chi connectivity index (χ4v) is 5.56. The van der Waals surface area contributed by atoms with Crippen LogP contribution in [0.4, 0.5) is 5.69 Å². The van der Waals surface area contributed by atoms with Gasteiger partial charge in [0.05, 0.1) is 17.5 Å². The van der Waals surface area contributed by atoms with Crippen LogP contribution in [-0.2, 0) is 4.74 Å². The maximum absolute atomic E-state index is 13.5. The molecule has 1 heterocycles. The molecule has 1 aliphatic heterocycles. The Hall–Kier alpha value is -3.60. The van der Waals surface area contributed by atoms with E-state index in [9.17, 15) is 4.79 Å². The van der Waals surface area contributed by atoms with Crippen LogP contribution >= 0.6 is 0 Å². The first-order valence-electron chi connectivity index (χ1n) is 15.5. The number of hydrogen-bond acceptors (Lipinski definition) is 5. The van der Waals surface area contributed by atoms with Crippen LogP contribution in [0.1, 0.15) is 93.6 Å². The summed E-state index contributed by atoms with van der Waals surface area (Å²) in [6.07, 6.45) is 9.66. The van der Waals surface area contributed by atoms with E-state index in [-0.39, 0.29) is 5.97 Å². The quantitative estimate of drug-likeness (QED) is 0.0958. The Bertz CT molecular complexity index is 1500. The molecule has 5 nitrogen and oxygen atoms in total. The zero-order valence-corrected chi connectivity index (χ0v) is 25.6. The number of rotatable bonds is 14. The topological polar surface area (TPSA) is 63.8 Å². The monoisotopic (exact) mass is 554 g/mol. The van der Waals surface area contributed by atoms with Gasteiger partial charge in [-0.3, -0.25) is 4.99 Å². The molecule has 0 saturated carbocycles. The molecule has 4 rings (SSSR count). The number of benzene rings is 3. The molecule has 1 N–H and O–H groups in total. The lowest BCUT2D eigenvalue weighted by atomic mass is 9.89. The van der Waals surface area contributed by atoms with E-state index in [1.54, 1.807) is 0 Å². The highest BCUT2D eigenvalue weighted by molar-refractivity contribution is 6.08. The second-order valence-corrected chi connectivity index (χ2v) is 10.9. The molecule has 0 spiro atoms. The van der Waals surface area contributed by atoms with Crippen molar-refractivity contribution in [1.82, 2.24) is 0 Å². The van der Waals surface area contributed by atoms with Crippen LogP contribution in [0.15, 0.2) is 57.9 Å². The summed E-state index contributed by atoms with van der Waals surface area (Å²) in [5, 5.41) is 5.34. The van der Waals surface area contributed by atoms with Crippen LogP contribution in [0.25, 0.3) is 33.4 Å². The number of aryl methyl sites for hydroxylation is 2. The molecule has 2 aromatic rings. The highest BCUT2D eigenvalue weighted by atomic mass is 16.5. The second kappa shape index (κ2) is 14.9. The molecule has 5 heteroatoms. The molecule has 0 aromatic heterocycles. The zero-order valence-electron chi connectivity index (χ0n) is 25.6. The summed E-state index contributed by atoms with van der Waals surface area (Å²) in [5.41, 5.74) is 7.39. The van der Waals surface area contributed by atoms with Crippen LogP contribution in [0.2, 0.25) is 0 Å². The van der Waals surface area contributed by atoms with E-state index in [0.29, 0.717) is 18.7 Å². The van der Waals surface area contributed by atoms with E-state index >= 15 is 0 Å². The van der Waals surface area contributed by atoms with Crippen molar-refractivity contribution >= 4 is 22.6 Å². The lowest BCUT2D eigenvalue weighted by Crippen LogP contribution is -2.11. The molecule has 0 unspecified atom stereocenters. The van der Waals surface area contributed by atoms with E-state index < -0.39 is 0 Å². The number of anilines is 1. The average molecular weight is 555 g/mol. The molecule has 0 radical (unpaired) electrons. The normalized spacial score (nSPS) is 11.9. The van der Waals surface area contributed by atoms with Crippen LogP contribution in [0.5, 0.6) is 0 Å². The Labute approximate surface area is 245 Å². The molecule has 1 aliphatic carbocycles. The van der Waals surface area contributed by atoms with Gasteiger partial charge in [-0.15, -0.1) is 0 Å². The Morgan fingerprint density at radius 1 is 0.854 bits per heavy atom. The Balaban J connectivity index is 1.71. The van der Waals surface area contributed by atoms with Gasteiger partial charge in [0.15, 0.2) is 0 Å². The minimum absolute atomic E-state index is 0.277. The van der Waals surface area contributed by atoms with Crippen molar-refractivity contribution in [1.29, 1.82) is 0 Å². The Kier molecular flexibility index (Phi) is 11.0. The third kappa shape index (κ3) is 7.38. The summed E-state index contributed by atoms with van der Waals surface area (Å²) < 4.78 is 12.3. The molecule has 2 aromatic carbocycles. The first-order valence-corrected chi connectivity index (χ1v) is 15.5. The van der Waals surface area contributed by atoms with E-state index in [1.165, 1.54) is 38.5 Å². The molecule has 218 valence electrons. The molecule has 0 saturated heterocycles. The first kappa shape index (κ1) is 30.4. The Morgan fingerprint density at radius 2 is 1.59 bits per heavy atom. The predicted molar refractivity (Wildman–Crippen MR) is 171 cm³/mol. The summed E-state index contributed by atoms with van der Waals surface area (Å²) >= 11 is 0. The Morgan fingerprint density at radius 3 is 2.32 bits per heavy atom. The van der Waals surface area contributed by atoms with Crippen LogP contribution in [0.3, 0.4) is 0 Å². The fraction of sp³-hybridized carbons (Fsp3) is 0.444. The summed E-state index contributed by atoms with van der Waals surface area (Å²) in [5.74, 6) is 0.472. The van der Waals surface area contributed by atoms with Crippen molar-refractivity contribution in [3.05, 3.63) is 70.6 Å². The van der Waals surface area contributed by atoms with Crippen molar-refractivity contribution in [3.63, 3.8) is 0 Å². The SMILES string of the molecule is CCCCCCCCCCOC(=O)c1ccccc1-c1c2cc(C)c(=NCC)cc-2oc2cc(NCC)c(C)cc12. The van der Waals surface area contributed by atoms with Gasteiger partial charge in [0, 0.05) is 47.4 Å². The van der Waals surface area contributed by atoms with Gasteiger partial charge in [-0.2, -0.15) is 0 Å². The number of carbonyl (C=O) groups is 1. The fourth-order valence-electron chi connectivity index (χ4n) is 5.56. The highest BCUT2D eigenvalue weighted by Crippen LogP contribution is 2.43. The summed E-state index contributed by atoms with van der Waals surface area (Å²) in [6, 6.07) is 16.2. The first-order chi connectivity index (χ1) is 20.0. The number of fused-ring (bicyclic) bond motifs is 2. The number of esters is 1. The number of unbranched alkanes of at least 4 members (excludes halogenated alkanes) is 7. The third-order valence-electron chi connectivity index (χ3n) is 7.73. The number of nitrogens with zero attached hydrogens (tertiary/aromatic N) is 1. The largest absolute Gasteiger partial charge is 0.462 e. The predicted octanol–water partition coefficient (Wildman–Crippen LogP) is 9.47. The van der Waals surface area contributed by atoms with Crippen molar-refractivity contribution in [2.45, 2.75) is 86.0 Å². The molecule has 0 amide bonds. The molecular formula is C36H46N2O3. The van der Waals surface area contributed by atoms with Crippen LogP contribution in [0, 0.1) is 13.8 Å². The van der Waals surface area contributed by atoms with Crippen LogP contribution in [-0.4, -0.2) is 25.7 Å². The third-order valence-corrected chi connectivity index (χ3v) is 7.73. The molecule has 0 bridgehead atoms. The van der Waals surface area contributed by atoms with Crippen molar-refractivity contribution in [2.24, 2.45) is 4.99 Å². The van der Waals surface area contributed by atoms with Gasteiger partial charge in [0.2, 0.25) is 0 Å². The van der Waals surface area contributed by atoms with Gasteiger partial charge in [-0.25, -0.2) is 4.79 Å². The summed E-state index contributed by atoms with van der Waals surface area (Å²) in [6.45, 7) is 12.5. The van der Waals surface area contributed by atoms with Gasteiger partial charge in [-0.05, 0) is 69.0 Å². The summed E-state index contributed by atoms with van der Waals surface area (Å²) in [4.78, 5) is 18.1. The highest BCUT2D eigenvalue weighted by Gasteiger charge is 2.23. The lowest BCUT2D eigenvalue weighted by Gasteiger charge is -2.20. The van der Waals surface area contributed by atoms with Gasteiger partial charge in [0.25, 0.3) is 0 Å². The van der Waals surface area contributed by atoms with E-state index in [1.807, 2.05) is 37.3 Å². The van der Waals surface area contributed by atoms with Gasteiger partial charge in [0.1, 0.15) is 11.3 Å². The zero-order chi connectivity index (χ0) is 29.2. The average Bonchev–Trinajstić information content (AvgIpc) is 2.96. The van der Waals surface area contributed by atoms with Crippen molar-refractivity contribution in [3.8, 4) is 22.5 Å². The molecular weight excluding hydrogens is 508 g/mol. The summed E-state index contributed by atoms with van der Waals surface area (Å²) in [7, 11) is 0. The number of hydrogen-bond donors (Lipinski definition) is 1. The smallest absolute Gasteiger partial charge is 0.338 e. The molecule has 0 atom stereocenters. The molecule has 0 fully saturated rings. The van der Waals surface area contributed by atoms with Gasteiger partial charge in [-0.1, -0.05) is 70.1 Å². The van der Waals surface area contributed by atoms with Crippen molar-refractivity contribution < 1.29 is 13.9 Å². The van der Waals surface area contributed by atoms with Crippen molar-refractivity contribution in [2.75, 3.05) is 25.0 Å². The minimum Gasteiger partial charge on any atom is -0.462 e. The molecule has 41 heavy (non-hydrogen) atoms. The van der Waals surface area contributed by atoms with Crippen LogP contribution < -0.4 is 10.7 Å². The van der Waals surface area contributed by atoms with E-state index in [0.717, 1.165) is 75.0 Å². The minimum atomic E-state index is -0.277. The number of carbonyl (C=O) groups excluding carboxylic acids is 1. The molecule has 2 aliphatic rings. The maximum atomic E-state index is 13.5. The standard InChI is InChI=1S/C36H46N2O3/c1-6-9-10-11-12-13-14-17-20-40-36(39)28-19-16-15-18-27(28)35-29-21-25(4)31(37-7-2)23-33(29)41-34-24-32(38-8-3)26(5)22-30(34)35/h15-16,18-19,21-24,37H,6-14,17,20H2,1-5H3. The van der Waals surface area contributed by atoms with Gasteiger partial charge >= 0.3 is 5.97 Å².